The monoisotopic (exact) mass is 294 g/mol. The molecule has 2 rings (SSSR count). The fraction of sp³-hybridized carbons (Fsp3) is 0.571. The Labute approximate surface area is 123 Å². The van der Waals surface area contributed by atoms with Gasteiger partial charge < -0.3 is 16.0 Å². The minimum absolute atomic E-state index is 0.0766. The summed E-state index contributed by atoms with van der Waals surface area (Å²) in [6.07, 6.45) is 4.35. The molecule has 0 aromatic carbocycles. The summed E-state index contributed by atoms with van der Waals surface area (Å²) in [5.74, 6) is 0.430. The molecule has 1 saturated heterocycles. The summed E-state index contributed by atoms with van der Waals surface area (Å²) in [5.41, 5.74) is 5.76. The largest absolute Gasteiger partial charge is 0.370 e. The van der Waals surface area contributed by atoms with Crippen molar-refractivity contribution >= 4 is 23.2 Å². The zero-order chi connectivity index (χ0) is 14.2. The third kappa shape index (κ3) is 4.85. The number of piperidine rings is 1. The molecular weight excluding hydrogens is 272 g/mol. The Morgan fingerprint density at radius 3 is 2.90 bits per heavy atom. The molecule has 3 N–H and O–H groups in total. The quantitative estimate of drug-likeness (QED) is 0.633. The van der Waals surface area contributed by atoms with Crippen molar-refractivity contribution in [2.45, 2.75) is 25.7 Å². The van der Waals surface area contributed by atoms with E-state index in [1.165, 1.54) is 11.3 Å². The first-order chi connectivity index (χ1) is 9.75. The highest BCUT2D eigenvalue weighted by molar-refractivity contribution is 7.09. The fourth-order valence-electron chi connectivity index (χ4n) is 2.22. The smallest absolute Gasteiger partial charge is 0.244 e. The van der Waals surface area contributed by atoms with Crippen LogP contribution in [0.3, 0.4) is 0 Å². The number of hydrogen-bond acceptors (Lipinski definition) is 3. The molecule has 5 nitrogen and oxygen atoms in total. The third-order valence-corrected chi connectivity index (χ3v) is 4.29. The number of hydrogen-bond donors (Lipinski definition) is 2. The molecule has 6 heteroatoms. The van der Waals surface area contributed by atoms with Gasteiger partial charge in [-0.25, -0.2) is 4.99 Å². The Hall–Kier alpha value is -1.56. The summed E-state index contributed by atoms with van der Waals surface area (Å²) >= 11 is 1.73. The van der Waals surface area contributed by atoms with Crippen molar-refractivity contribution in [2.24, 2.45) is 10.7 Å². The van der Waals surface area contributed by atoms with Crippen LogP contribution in [0.25, 0.3) is 0 Å². The van der Waals surface area contributed by atoms with Crippen LogP contribution in [0.5, 0.6) is 0 Å². The average Bonchev–Trinajstić information content (AvgIpc) is 2.99. The Balaban J connectivity index is 1.66. The Bertz CT molecular complexity index is 438. The highest BCUT2D eigenvalue weighted by Gasteiger charge is 2.15. The second-order valence-corrected chi connectivity index (χ2v) is 5.93. The van der Waals surface area contributed by atoms with Crippen LogP contribution in [0.15, 0.2) is 22.5 Å². The number of carbonyl (C=O) groups excluding carboxylic acids is 1. The SMILES string of the molecule is NC(=NCC(=O)N1CCCCC1)NCCc1cccs1. The van der Waals surface area contributed by atoms with E-state index in [1.807, 2.05) is 11.0 Å². The maximum atomic E-state index is 11.9. The Morgan fingerprint density at radius 1 is 1.40 bits per heavy atom. The van der Waals surface area contributed by atoms with Gasteiger partial charge in [0.2, 0.25) is 5.91 Å². The van der Waals surface area contributed by atoms with Gasteiger partial charge in [-0.15, -0.1) is 11.3 Å². The maximum Gasteiger partial charge on any atom is 0.244 e. The van der Waals surface area contributed by atoms with E-state index < -0.39 is 0 Å². The molecule has 0 bridgehead atoms. The molecule has 0 atom stereocenters. The van der Waals surface area contributed by atoms with Gasteiger partial charge in [-0.1, -0.05) is 6.07 Å². The number of nitrogens with zero attached hydrogens (tertiary/aromatic N) is 2. The van der Waals surface area contributed by atoms with Crippen molar-refractivity contribution in [3.05, 3.63) is 22.4 Å². The fourth-order valence-corrected chi connectivity index (χ4v) is 2.93. The lowest BCUT2D eigenvalue weighted by molar-refractivity contribution is -0.130. The Morgan fingerprint density at radius 2 is 2.20 bits per heavy atom. The molecule has 0 radical (unpaired) electrons. The zero-order valence-corrected chi connectivity index (χ0v) is 12.5. The van der Waals surface area contributed by atoms with Gasteiger partial charge in [0.1, 0.15) is 6.54 Å². The van der Waals surface area contributed by atoms with Crippen LogP contribution in [-0.4, -0.2) is 42.9 Å². The van der Waals surface area contributed by atoms with Crippen molar-refractivity contribution in [1.29, 1.82) is 0 Å². The summed E-state index contributed by atoms with van der Waals surface area (Å²) in [6.45, 7) is 2.62. The lowest BCUT2D eigenvalue weighted by Gasteiger charge is -2.26. The van der Waals surface area contributed by atoms with Crippen LogP contribution in [-0.2, 0) is 11.2 Å². The molecule has 1 aliphatic heterocycles. The number of carbonyl (C=O) groups is 1. The first-order valence-electron chi connectivity index (χ1n) is 7.09. The highest BCUT2D eigenvalue weighted by Crippen LogP contribution is 2.09. The Kier molecular flexibility index (Phi) is 5.86. The summed E-state index contributed by atoms with van der Waals surface area (Å²) in [5, 5.41) is 5.10. The first kappa shape index (κ1) is 14.8. The second-order valence-electron chi connectivity index (χ2n) is 4.90. The summed E-state index contributed by atoms with van der Waals surface area (Å²) in [7, 11) is 0. The minimum Gasteiger partial charge on any atom is -0.370 e. The van der Waals surface area contributed by atoms with Gasteiger partial charge in [0.15, 0.2) is 5.96 Å². The number of aliphatic imine (C=N–C) groups is 1. The van der Waals surface area contributed by atoms with Crippen LogP contribution in [0.1, 0.15) is 24.1 Å². The van der Waals surface area contributed by atoms with Gasteiger partial charge in [0, 0.05) is 24.5 Å². The van der Waals surface area contributed by atoms with E-state index in [2.05, 4.69) is 21.8 Å². The average molecular weight is 294 g/mol. The third-order valence-electron chi connectivity index (χ3n) is 3.35. The number of nitrogens with two attached hydrogens (primary N) is 1. The van der Waals surface area contributed by atoms with Gasteiger partial charge in [-0.2, -0.15) is 0 Å². The number of likely N-dealkylation sites (tertiary alicyclic amines) is 1. The van der Waals surface area contributed by atoms with Crippen LogP contribution in [0, 0.1) is 0 Å². The van der Waals surface area contributed by atoms with Gasteiger partial charge in [-0.05, 0) is 37.1 Å². The van der Waals surface area contributed by atoms with Gasteiger partial charge >= 0.3 is 0 Å². The molecule has 110 valence electrons. The van der Waals surface area contributed by atoms with Gasteiger partial charge in [0.25, 0.3) is 0 Å². The van der Waals surface area contributed by atoms with Crippen LogP contribution in [0.2, 0.25) is 0 Å². The molecule has 1 aromatic rings. The molecule has 2 heterocycles. The van der Waals surface area contributed by atoms with Crippen molar-refractivity contribution in [1.82, 2.24) is 10.2 Å². The predicted molar refractivity (Wildman–Crippen MR) is 82.9 cm³/mol. The minimum atomic E-state index is 0.0766. The number of guanidine groups is 1. The molecule has 1 aromatic heterocycles. The zero-order valence-electron chi connectivity index (χ0n) is 11.7. The van der Waals surface area contributed by atoms with E-state index in [0.717, 1.165) is 38.9 Å². The topological polar surface area (TPSA) is 70.7 Å². The molecule has 0 unspecified atom stereocenters. The number of nitrogens with one attached hydrogen (secondary N) is 1. The van der Waals surface area contributed by atoms with Gasteiger partial charge in [-0.3, -0.25) is 4.79 Å². The first-order valence-corrected chi connectivity index (χ1v) is 7.97. The van der Waals surface area contributed by atoms with Crippen molar-refractivity contribution in [2.75, 3.05) is 26.2 Å². The maximum absolute atomic E-state index is 11.9. The normalized spacial score (nSPS) is 16.2. The van der Waals surface area contributed by atoms with E-state index in [4.69, 9.17) is 5.73 Å². The van der Waals surface area contributed by atoms with Crippen LogP contribution in [0.4, 0.5) is 0 Å². The van der Waals surface area contributed by atoms with Crippen LogP contribution < -0.4 is 11.1 Å². The second kappa shape index (κ2) is 7.89. The molecule has 0 aliphatic carbocycles. The highest BCUT2D eigenvalue weighted by atomic mass is 32.1. The van der Waals surface area contributed by atoms with Crippen LogP contribution >= 0.6 is 11.3 Å². The standard InChI is InChI=1S/C14H22N4OS/c15-14(16-7-6-12-5-4-10-20-12)17-11-13(19)18-8-2-1-3-9-18/h4-5,10H,1-3,6-9,11H2,(H3,15,16,17). The summed E-state index contributed by atoms with van der Waals surface area (Å²) in [4.78, 5) is 19.2. The van der Waals surface area contributed by atoms with E-state index in [0.29, 0.717) is 5.96 Å². The lowest BCUT2D eigenvalue weighted by Crippen LogP contribution is -2.39. The van der Waals surface area contributed by atoms with Crippen molar-refractivity contribution in [3.63, 3.8) is 0 Å². The number of amides is 1. The summed E-state index contributed by atoms with van der Waals surface area (Å²) < 4.78 is 0. The molecule has 1 amide bonds. The van der Waals surface area contributed by atoms with E-state index in [1.54, 1.807) is 11.3 Å². The molecule has 0 spiro atoms. The summed E-state index contributed by atoms with van der Waals surface area (Å²) in [6, 6.07) is 4.13. The molecule has 0 saturated carbocycles. The van der Waals surface area contributed by atoms with E-state index in [9.17, 15) is 4.79 Å². The van der Waals surface area contributed by atoms with Crippen molar-refractivity contribution in [3.8, 4) is 0 Å². The van der Waals surface area contributed by atoms with E-state index in [-0.39, 0.29) is 12.5 Å². The van der Waals surface area contributed by atoms with Crippen molar-refractivity contribution < 1.29 is 4.79 Å². The lowest BCUT2D eigenvalue weighted by atomic mass is 10.1. The van der Waals surface area contributed by atoms with E-state index >= 15 is 0 Å². The number of thiophene rings is 1. The predicted octanol–water partition coefficient (Wildman–Crippen LogP) is 1.21. The number of rotatable bonds is 5. The molecule has 1 aliphatic rings. The molecular formula is C14H22N4OS. The molecule has 20 heavy (non-hydrogen) atoms. The van der Waals surface area contributed by atoms with Gasteiger partial charge in [0.05, 0.1) is 0 Å². The molecule has 1 fully saturated rings.